The molecule has 24 heavy (non-hydrogen) atoms. The van der Waals surface area contributed by atoms with Crippen molar-refractivity contribution < 1.29 is 8.42 Å². The van der Waals surface area contributed by atoms with Crippen LogP contribution in [0.3, 0.4) is 0 Å². The molecule has 0 aliphatic carbocycles. The van der Waals surface area contributed by atoms with Crippen LogP contribution in [0, 0.1) is 20.8 Å². The summed E-state index contributed by atoms with van der Waals surface area (Å²) in [7, 11) is -2.92. The van der Waals surface area contributed by atoms with Gasteiger partial charge in [-0.15, -0.1) is 0 Å². The van der Waals surface area contributed by atoms with Crippen LogP contribution in [0.1, 0.15) is 23.2 Å². The van der Waals surface area contributed by atoms with Gasteiger partial charge in [0.2, 0.25) is 5.95 Å². The Morgan fingerprint density at radius 1 is 1.12 bits per heavy atom. The number of benzene rings is 1. The molecule has 1 fully saturated rings. The fourth-order valence-electron chi connectivity index (χ4n) is 2.89. The lowest BCUT2D eigenvalue weighted by Gasteiger charge is -2.14. The zero-order valence-corrected chi connectivity index (χ0v) is 14.9. The van der Waals surface area contributed by atoms with Gasteiger partial charge in [0.1, 0.15) is 5.82 Å². The molecule has 0 saturated carbocycles. The molecule has 1 saturated heterocycles. The first-order valence-corrected chi connectivity index (χ1v) is 9.80. The van der Waals surface area contributed by atoms with E-state index in [-0.39, 0.29) is 17.5 Å². The molecule has 3 rings (SSSR count). The molecule has 0 amide bonds. The molecule has 0 radical (unpaired) electrons. The summed E-state index contributed by atoms with van der Waals surface area (Å²) in [5, 5.41) is 6.46. The van der Waals surface area contributed by atoms with Crippen LogP contribution in [0.25, 0.3) is 0 Å². The lowest BCUT2D eigenvalue weighted by atomic mass is 10.1. The summed E-state index contributed by atoms with van der Waals surface area (Å²) in [5.74, 6) is 1.56. The van der Waals surface area contributed by atoms with Gasteiger partial charge in [-0.2, -0.15) is 4.98 Å². The largest absolute Gasteiger partial charge is 0.366 e. The van der Waals surface area contributed by atoms with Gasteiger partial charge in [0, 0.05) is 23.5 Å². The van der Waals surface area contributed by atoms with Crippen molar-refractivity contribution in [3.05, 3.63) is 41.1 Å². The molecule has 1 aliphatic heterocycles. The Bertz CT molecular complexity index is 865. The van der Waals surface area contributed by atoms with E-state index in [1.807, 2.05) is 32.0 Å². The van der Waals surface area contributed by atoms with Gasteiger partial charge in [0.25, 0.3) is 0 Å². The third kappa shape index (κ3) is 4.03. The molecule has 6 nitrogen and oxygen atoms in total. The third-order valence-corrected chi connectivity index (χ3v) is 5.83. The van der Waals surface area contributed by atoms with Crippen molar-refractivity contribution in [3.8, 4) is 0 Å². The van der Waals surface area contributed by atoms with Crippen molar-refractivity contribution >= 4 is 27.3 Å². The third-order valence-electron chi connectivity index (χ3n) is 4.07. The number of hydrogen-bond acceptors (Lipinski definition) is 6. The minimum absolute atomic E-state index is 0.0849. The van der Waals surface area contributed by atoms with Crippen LogP contribution in [0.2, 0.25) is 0 Å². The number of hydrogen-bond donors (Lipinski definition) is 2. The Hall–Kier alpha value is -2.15. The van der Waals surface area contributed by atoms with Crippen molar-refractivity contribution in [1.29, 1.82) is 0 Å². The molecule has 128 valence electrons. The molecule has 0 spiro atoms. The molecular weight excluding hydrogens is 324 g/mol. The van der Waals surface area contributed by atoms with E-state index in [0.717, 1.165) is 16.9 Å². The molecule has 2 aromatic rings. The highest BCUT2D eigenvalue weighted by Crippen LogP contribution is 2.22. The first-order chi connectivity index (χ1) is 11.3. The van der Waals surface area contributed by atoms with E-state index in [9.17, 15) is 8.42 Å². The molecule has 0 bridgehead atoms. The number of aryl methyl sites for hydroxylation is 3. The van der Waals surface area contributed by atoms with Gasteiger partial charge in [-0.1, -0.05) is 17.7 Å². The van der Waals surface area contributed by atoms with E-state index in [1.54, 1.807) is 0 Å². The van der Waals surface area contributed by atoms with Gasteiger partial charge in [0.05, 0.1) is 11.5 Å². The van der Waals surface area contributed by atoms with Gasteiger partial charge < -0.3 is 10.6 Å². The van der Waals surface area contributed by atoms with E-state index in [1.165, 1.54) is 5.56 Å². The highest BCUT2D eigenvalue weighted by atomic mass is 32.2. The zero-order chi connectivity index (χ0) is 17.3. The highest BCUT2D eigenvalue weighted by molar-refractivity contribution is 7.91. The first-order valence-electron chi connectivity index (χ1n) is 7.98. The fraction of sp³-hybridized carbons (Fsp3) is 0.412. The molecule has 1 aliphatic rings. The molecule has 1 aromatic heterocycles. The zero-order valence-electron chi connectivity index (χ0n) is 14.1. The lowest BCUT2D eigenvalue weighted by Crippen LogP contribution is -2.21. The molecule has 1 unspecified atom stereocenters. The van der Waals surface area contributed by atoms with Crippen LogP contribution in [0.5, 0.6) is 0 Å². The predicted octanol–water partition coefficient (Wildman–Crippen LogP) is 2.74. The summed E-state index contributed by atoms with van der Waals surface area (Å²) in [6, 6.07) is 7.89. The average molecular weight is 346 g/mol. The maximum atomic E-state index is 11.6. The SMILES string of the molecule is Cc1ccc(Nc2nc(C)cc(NC3CCS(=O)(=O)C3)n2)c(C)c1. The Morgan fingerprint density at radius 3 is 2.58 bits per heavy atom. The summed E-state index contributed by atoms with van der Waals surface area (Å²) in [5.41, 5.74) is 4.10. The maximum Gasteiger partial charge on any atom is 0.229 e. The van der Waals surface area contributed by atoms with Crippen LogP contribution in [-0.2, 0) is 9.84 Å². The Kier molecular flexibility index (Phi) is 4.45. The summed E-state index contributed by atoms with van der Waals surface area (Å²) in [4.78, 5) is 8.89. The van der Waals surface area contributed by atoms with Crippen molar-refractivity contribution in [2.75, 3.05) is 22.1 Å². The van der Waals surface area contributed by atoms with E-state index in [4.69, 9.17) is 0 Å². The average Bonchev–Trinajstić information content (AvgIpc) is 2.80. The van der Waals surface area contributed by atoms with E-state index >= 15 is 0 Å². The topological polar surface area (TPSA) is 84.0 Å². The second-order valence-corrected chi connectivity index (χ2v) is 8.63. The van der Waals surface area contributed by atoms with E-state index < -0.39 is 9.84 Å². The summed E-state index contributed by atoms with van der Waals surface area (Å²) < 4.78 is 23.2. The first kappa shape index (κ1) is 16.7. The van der Waals surface area contributed by atoms with Crippen LogP contribution < -0.4 is 10.6 Å². The van der Waals surface area contributed by atoms with Gasteiger partial charge >= 0.3 is 0 Å². The smallest absolute Gasteiger partial charge is 0.229 e. The Balaban J connectivity index is 1.79. The maximum absolute atomic E-state index is 11.6. The van der Waals surface area contributed by atoms with Crippen LogP contribution >= 0.6 is 0 Å². The number of aromatic nitrogens is 2. The number of anilines is 3. The van der Waals surface area contributed by atoms with Crippen molar-refractivity contribution in [2.24, 2.45) is 0 Å². The standard InChI is InChI=1S/C17H22N4O2S/c1-11-4-5-15(12(2)8-11)20-17-18-13(3)9-16(21-17)19-14-6-7-24(22,23)10-14/h4-5,8-9,14H,6-7,10H2,1-3H3,(H2,18,19,20,21). The van der Waals surface area contributed by atoms with E-state index in [0.29, 0.717) is 18.2 Å². The fourth-order valence-corrected chi connectivity index (χ4v) is 4.56. The number of nitrogens with zero attached hydrogens (tertiary/aromatic N) is 2. The van der Waals surface area contributed by atoms with Crippen LogP contribution in [0.4, 0.5) is 17.5 Å². The number of sulfone groups is 1. The normalized spacial score (nSPS) is 19.2. The summed E-state index contributed by atoms with van der Waals surface area (Å²) in [6.45, 7) is 5.98. The Labute approximate surface area is 142 Å². The van der Waals surface area contributed by atoms with E-state index in [2.05, 4.69) is 33.6 Å². The van der Waals surface area contributed by atoms with Gasteiger partial charge in [-0.05, 0) is 38.8 Å². The summed E-state index contributed by atoms with van der Waals surface area (Å²) >= 11 is 0. The van der Waals surface area contributed by atoms with Crippen molar-refractivity contribution in [3.63, 3.8) is 0 Å². The van der Waals surface area contributed by atoms with Crippen LogP contribution in [0.15, 0.2) is 24.3 Å². The second-order valence-electron chi connectivity index (χ2n) is 6.41. The van der Waals surface area contributed by atoms with Crippen LogP contribution in [-0.4, -0.2) is 35.9 Å². The summed E-state index contributed by atoms with van der Waals surface area (Å²) in [6.07, 6.45) is 0.616. The number of rotatable bonds is 4. The minimum Gasteiger partial charge on any atom is -0.366 e. The van der Waals surface area contributed by atoms with Crippen molar-refractivity contribution in [2.45, 2.75) is 33.2 Å². The molecule has 1 atom stereocenters. The molecule has 1 aromatic carbocycles. The molecule has 2 N–H and O–H groups in total. The minimum atomic E-state index is -2.92. The lowest BCUT2D eigenvalue weighted by molar-refractivity contribution is 0.602. The molecule has 2 heterocycles. The van der Waals surface area contributed by atoms with Gasteiger partial charge in [-0.3, -0.25) is 0 Å². The second kappa shape index (κ2) is 6.39. The molecular formula is C17H22N4O2S. The molecule has 7 heteroatoms. The monoisotopic (exact) mass is 346 g/mol. The Morgan fingerprint density at radius 2 is 1.92 bits per heavy atom. The highest BCUT2D eigenvalue weighted by Gasteiger charge is 2.28. The van der Waals surface area contributed by atoms with Gasteiger partial charge in [-0.25, -0.2) is 13.4 Å². The number of nitrogens with one attached hydrogen (secondary N) is 2. The van der Waals surface area contributed by atoms with Crippen molar-refractivity contribution in [1.82, 2.24) is 9.97 Å². The predicted molar refractivity (Wildman–Crippen MR) is 96.6 cm³/mol. The van der Waals surface area contributed by atoms with Gasteiger partial charge in [0.15, 0.2) is 9.84 Å². The quantitative estimate of drug-likeness (QED) is 0.885.